The molecule has 0 bridgehead atoms. The Kier molecular flexibility index (Phi) is 5.39. The Morgan fingerprint density at radius 2 is 2.21 bits per heavy atom. The van der Waals surface area contributed by atoms with Gasteiger partial charge in [0.25, 0.3) is 0 Å². The highest BCUT2D eigenvalue weighted by Gasteiger charge is 2.43. The number of carboxylic acids is 1. The second-order valence-corrected chi connectivity index (χ2v) is 5.31. The van der Waals surface area contributed by atoms with Crippen LogP contribution in [0.5, 0.6) is 0 Å². The summed E-state index contributed by atoms with van der Waals surface area (Å²) < 4.78 is 0. The van der Waals surface area contributed by atoms with Crippen molar-refractivity contribution in [3.8, 4) is 0 Å². The Morgan fingerprint density at radius 1 is 1.53 bits per heavy atom. The van der Waals surface area contributed by atoms with Crippen molar-refractivity contribution in [1.29, 1.82) is 0 Å². The van der Waals surface area contributed by atoms with E-state index >= 15 is 0 Å². The summed E-state index contributed by atoms with van der Waals surface area (Å²) in [6.07, 6.45) is 4.51. The van der Waals surface area contributed by atoms with Gasteiger partial charge in [-0.05, 0) is 19.3 Å². The zero-order valence-corrected chi connectivity index (χ0v) is 11.9. The van der Waals surface area contributed by atoms with E-state index in [1.165, 1.54) is 0 Å². The predicted molar refractivity (Wildman–Crippen MR) is 74.0 cm³/mol. The van der Waals surface area contributed by atoms with E-state index in [1.807, 2.05) is 6.92 Å². The molecule has 1 N–H and O–H groups in total. The average molecular weight is 268 g/mol. The highest BCUT2D eigenvalue weighted by atomic mass is 16.4. The third kappa shape index (κ3) is 3.49. The van der Waals surface area contributed by atoms with Crippen LogP contribution in [0.4, 0.5) is 4.79 Å². The van der Waals surface area contributed by atoms with E-state index in [4.69, 9.17) is 0 Å². The average Bonchev–Trinajstić information content (AvgIpc) is 2.38. The van der Waals surface area contributed by atoms with Gasteiger partial charge in [-0.1, -0.05) is 19.4 Å². The van der Waals surface area contributed by atoms with Crippen LogP contribution in [-0.4, -0.2) is 53.6 Å². The number of piperidine rings is 1. The summed E-state index contributed by atoms with van der Waals surface area (Å²) in [7, 11) is 1.71. The van der Waals surface area contributed by atoms with Crippen LogP contribution in [-0.2, 0) is 4.79 Å². The lowest BCUT2D eigenvalue weighted by atomic mass is 9.76. The molecule has 0 aromatic carbocycles. The van der Waals surface area contributed by atoms with Crippen molar-refractivity contribution in [3.63, 3.8) is 0 Å². The molecule has 5 heteroatoms. The third-order valence-corrected chi connectivity index (χ3v) is 3.76. The summed E-state index contributed by atoms with van der Waals surface area (Å²) in [5.74, 6) is -0.779. The fraction of sp³-hybridized carbons (Fsp3) is 0.714. The molecule has 19 heavy (non-hydrogen) atoms. The second-order valence-electron chi connectivity index (χ2n) is 5.31. The zero-order chi connectivity index (χ0) is 14.5. The predicted octanol–water partition coefficient (Wildman–Crippen LogP) is 2.19. The molecule has 5 nitrogen and oxygen atoms in total. The number of carbonyl (C=O) groups is 2. The molecule has 1 fully saturated rings. The molecular weight excluding hydrogens is 244 g/mol. The summed E-state index contributed by atoms with van der Waals surface area (Å²) in [6.45, 7) is 7.02. The van der Waals surface area contributed by atoms with Gasteiger partial charge in [-0.25, -0.2) is 4.79 Å². The molecule has 1 unspecified atom stereocenters. The largest absolute Gasteiger partial charge is 0.481 e. The van der Waals surface area contributed by atoms with Crippen molar-refractivity contribution in [1.82, 2.24) is 9.80 Å². The van der Waals surface area contributed by atoms with Crippen LogP contribution in [0.15, 0.2) is 12.7 Å². The number of likely N-dealkylation sites (tertiary alicyclic amines) is 1. The molecule has 1 aliphatic heterocycles. The Hall–Kier alpha value is -1.52. The van der Waals surface area contributed by atoms with Gasteiger partial charge >= 0.3 is 12.0 Å². The maximum atomic E-state index is 12.2. The van der Waals surface area contributed by atoms with E-state index in [9.17, 15) is 14.7 Å². The fourth-order valence-corrected chi connectivity index (χ4v) is 2.77. The molecule has 0 spiro atoms. The number of carboxylic acid groups (broad SMARTS) is 1. The smallest absolute Gasteiger partial charge is 0.320 e. The molecule has 108 valence electrons. The molecule has 1 atom stereocenters. The number of rotatable bonds is 5. The van der Waals surface area contributed by atoms with Crippen molar-refractivity contribution >= 4 is 12.0 Å². The minimum absolute atomic E-state index is 0.110. The summed E-state index contributed by atoms with van der Waals surface area (Å²) in [4.78, 5) is 27.0. The minimum atomic E-state index is -0.779. The first-order chi connectivity index (χ1) is 8.96. The van der Waals surface area contributed by atoms with Gasteiger partial charge in [-0.3, -0.25) is 4.79 Å². The van der Waals surface area contributed by atoms with Crippen molar-refractivity contribution in [2.45, 2.75) is 32.6 Å². The monoisotopic (exact) mass is 268 g/mol. The number of urea groups is 1. The van der Waals surface area contributed by atoms with E-state index in [1.54, 1.807) is 22.9 Å². The first-order valence-corrected chi connectivity index (χ1v) is 6.81. The standard InChI is InChI=1S/C14H24N2O3/c1-4-7-14(12(17)18)8-6-10-16(11-14)13(19)15(3)9-5-2/h5H,2,4,6-11H2,1,3H3,(H,17,18). The lowest BCUT2D eigenvalue weighted by molar-refractivity contribution is -0.152. The Balaban J connectivity index is 2.79. The highest BCUT2D eigenvalue weighted by molar-refractivity contribution is 5.78. The van der Waals surface area contributed by atoms with E-state index in [0.717, 1.165) is 12.8 Å². The maximum Gasteiger partial charge on any atom is 0.320 e. The molecule has 0 aliphatic carbocycles. The summed E-state index contributed by atoms with van der Waals surface area (Å²) in [5, 5.41) is 9.49. The number of amides is 2. The van der Waals surface area contributed by atoms with Gasteiger partial charge < -0.3 is 14.9 Å². The molecule has 1 heterocycles. The number of carbonyl (C=O) groups excluding carboxylic acids is 1. The zero-order valence-electron chi connectivity index (χ0n) is 11.9. The lowest BCUT2D eigenvalue weighted by Gasteiger charge is -2.41. The van der Waals surface area contributed by atoms with Crippen molar-refractivity contribution in [2.24, 2.45) is 5.41 Å². The summed E-state index contributed by atoms with van der Waals surface area (Å²) in [6, 6.07) is -0.110. The molecule has 0 aromatic rings. The van der Waals surface area contributed by atoms with E-state index in [-0.39, 0.29) is 6.03 Å². The van der Waals surface area contributed by atoms with Crippen LogP contribution in [0, 0.1) is 5.41 Å². The topological polar surface area (TPSA) is 60.9 Å². The number of hydrogen-bond donors (Lipinski definition) is 1. The number of likely N-dealkylation sites (N-methyl/N-ethyl adjacent to an activating group) is 1. The fourth-order valence-electron chi connectivity index (χ4n) is 2.77. The van der Waals surface area contributed by atoms with E-state index in [0.29, 0.717) is 32.5 Å². The van der Waals surface area contributed by atoms with Crippen molar-refractivity contribution in [2.75, 3.05) is 26.7 Å². The number of aliphatic carboxylic acids is 1. The molecule has 1 aliphatic rings. The molecule has 0 saturated carbocycles. The number of hydrogen-bond acceptors (Lipinski definition) is 2. The van der Waals surface area contributed by atoms with E-state index < -0.39 is 11.4 Å². The van der Waals surface area contributed by atoms with Gasteiger partial charge in [-0.15, -0.1) is 6.58 Å². The summed E-state index contributed by atoms with van der Waals surface area (Å²) in [5.41, 5.74) is -0.766. The normalized spacial score (nSPS) is 22.9. The number of nitrogens with zero attached hydrogens (tertiary/aromatic N) is 2. The first kappa shape index (κ1) is 15.5. The Labute approximate surface area is 114 Å². The van der Waals surface area contributed by atoms with Crippen LogP contribution in [0.3, 0.4) is 0 Å². The van der Waals surface area contributed by atoms with Crippen LogP contribution >= 0.6 is 0 Å². The molecule has 1 rings (SSSR count). The molecule has 2 amide bonds. The molecule has 1 saturated heterocycles. The molecule has 0 radical (unpaired) electrons. The Bertz CT molecular complexity index is 353. The van der Waals surface area contributed by atoms with Crippen LogP contribution in [0.2, 0.25) is 0 Å². The van der Waals surface area contributed by atoms with Crippen molar-refractivity contribution < 1.29 is 14.7 Å². The minimum Gasteiger partial charge on any atom is -0.481 e. The van der Waals surface area contributed by atoms with Crippen LogP contribution < -0.4 is 0 Å². The maximum absolute atomic E-state index is 12.2. The SMILES string of the molecule is C=CCN(C)C(=O)N1CCCC(CCC)(C(=O)O)C1. The van der Waals surface area contributed by atoms with Gasteiger partial charge in [0.15, 0.2) is 0 Å². The van der Waals surface area contributed by atoms with Crippen LogP contribution in [0.1, 0.15) is 32.6 Å². The Morgan fingerprint density at radius 3 is 2.74 bits per heavy atom. The second kappa shape index (κ2) is 6.59. The summed E-state index contributed by atoms with van der Waals surface area (Å²) >= 11 is 0. The van der Waals surface area contributed by atoms with Crippen molar-refractivity contribution in [3.05, 3.63) is 12.7 Å². The molecule has 0 aromatic heterocycles. The molecular formula is C14H24N2O3. The first-order valence-electron chi connectivity index (χ1n) is 6.81. The quantitative estimate of drug-likeness (QED) is 0.777. The van der Waals surface area contributed by atoms with Gasteiger partial charge in [0.05, 0.1) is 5.41 Å². The van der Waals surface area contributed by atoms with Gasteiger partial charge in [0, 0.05) is 26.7 Å². The van der Waals surface area contributed by atoms with E-state index in [2.05, 4.69) is 6.58 Å². The third-order valence-electron chi connectivity index (χ3n) is 3.76. The highest BCUT2D eigenvalue weighted by Crippen LogP contribution is 2.35. The van der Waals surface area contributed by atoms with Gasteiger partial charge in [0.2, 0.25) is 0 Å². The lowest BCUT2D eigenvalue weighted by Crippen LogP contribution is -2.52. The van der Waals surface area contributed by atoms with Gasteiger partial charge in [-0.2, -0.15) is 0 Å². The van der Waals surface area contributed by atoms with Crippen LogP contribution in [0.25, 0.3) is 0 Å². The van der Waals surface area contributed by atoms with Gasteiger partial charge in [0.1, 0.15) is 0 Å².